The summed E-state index contributed by atoms with van der Waals surface area (Å²) in [6, 6.07) is 0.493. The van der Waals surface area contributed by atoms with Crippen molar-refractivity contribution in [3.63, 3.8) is 0 Å². The highest BCUT2D eigenvalue weighted by atomic mass is 32.2. The third kappa shape index (κ3) is 2.28. The van der Waals surface area contributed by atoms with Gasteiger partial charge in [-0.3, -0.25) is 4.90 Å². The Balaban J connectivity index is 2.94. The first kappa shape index (κ1) is 14.0. The average molecular weight is 247 g/mol. The summed E-state index contributed by atoms with van der Waals surface area (Å²) in [6.07, 6.45) is 2.56. The van der Waals surface area contributed by atoms with Gasteiger partial charge < -0.3 is 0 Å². The molecular weight excluding hydrogens is 222 g/mol. The predicted octanol–water partition coefficient (Wildman–Crippen LogP) is 2.07. The normalized spacial score (nSPS) is 26.5. The van der Waals surface area contributed by atoms with E-state index in [1.807, 2.05) is 13.8 Å². The molecule has 1 heterocycles. The minimum Gasteiger partial charge on any atom is -0.298 e. The van der Waals surface area contributed by atoms with Gasteiger partial charge in [0.15, 0.2) is 9.84 Å². The Morgan fingerprint density at radius 2 is 1.81 bits per heavy atom. The molecule has 1 aliphatic rings. The van der Waals surface area contributed by atoms with Crippen molar-refractivity contribution < 1.29 is 8.42 Å². The van der Waals surface area contributed by atoms with Gasteiger partial charge in [0.2, 0.25) is 0 Å². The van der Waals surface area contributed by atoms with Crippen LogP contribution in [0.1, 0.15) is 47.0 Å². The molecule has 1 saturated heterocycles. The van der Waals surface area contributed by atoms with Crippen molar-refractivity contribution in [3.8, 4) is 0 Å². The van der Waals surface area contributed by atoms with Crippen LogP contribution in [-0.2, 0) is 9.84 Å². The van der Waals surface area contributed by atoms with Gasteiger partial charge >= 0.3 is 0 Å². The number of hydrogen-bond acceptors (Lipinski definition) is 3. The zero-order chi connectivity index (χ0) is 12.4. The van der Waals surface area contributed by atoms with Gasteiger partial charge in [0.25, 0.3) is 0 Å². The molecule has 0 radical (unpaired) electrons. The van der Waals surface area contributed by atoms with Crippen LogP contribution in [0, 0.1) is 0 Å². The van der Waals surface area contributed by atoms with Gasteiger partial charge in [0, 0.05) is 19.1 Å². The molecule has 0 unspecified atom stereocenters. The number of hydrogen-bond donors (Lipinski definition) is 0. The van der Waals surface area contributed by atoms with Crippen molar-refractivity contribution in [2.24, 2.45) is 0 Å². The van der Waals surface area contributed by atoms with E-state index in [2.05, 4.69) is 18.7 Å². The van der Waals surface area contributed by atoms with E-state index in [-0.39, 0.29) is 0 Å². The molecular formula is C12H25NO2S. The second-order valence-corrected chi connectivity index (χ2v) is 7.44. The van der Waals surface area contributed by atoms with Crippen molar-refractivity contribution in [2.45, 2.75) is 57.7 Å². The summed E-state index contributed by atoms with van der Waals surface area (Å²) in [7, 11) is -2.90. The summed E-state index contributed by atoms with van der Waals surface area (Å²) in [4.78, 5) is 2.34. The quantitative estimate of drug-likeness (QED) is 0.763. The lowest BCUT2D eigenvalue weighted by molar-refractivity contribution is 0.174. The Hall–Kier alpha value is -0.0900. The molecule has 0 amide bonds. The van der Waals surface area contributed by atoms with E-state index < -0.39 is 14.6 Å². The molecule has 0 saturated carbocycles. The summed E-state index contributed by atoms with van der Waals surface area (Å²) >= 11 is 0. The van der Waals surface area contributed by atoms with Gasteiger partial charge in [-0.2, -0.15) is 0 Å². The lowest BCUT2D eigenvalue weighted by atomic mass is 10.00. The van der Waals surface area contributed by atoms with Crippen molar-refractivity contribution in [2.75, 3.05) is 18.8 Å². The Bertz CT molecular complexity index is 320. The van der Waals surface area contributed by atoms with E-state index in [1.165, 1.54) is 0 Å². The lowest BCUT2D eigenvalue weighted by Gasteiger charge is -2.43. The van der Waals surface area contributed by atoms with Gasteiger partial charge in [-0.1, -0.05) is 20.8 Å². The largest absolute Gasteiger partial charge is 0.298 e. The van der Waals surface area contributed by atoms with Crippen LogP contribution in [0.2, 0.25) is 0 Å². The fourth-order valence-corrected chi connectivity index (χ4v) is 4.70. The minimum absolute atomic E-state index is 0.332. The molecule has 1 rings (SSSR count). The number of sulfone groups is 1. The molecule has 16 heavy (non-hydrogen) atoms. The molecule has 3 nitrogen and oxygen atoms in total. The van der Waals surface area contributed by atoms with Crippen molar-refractivity contribution in [1.29, 1.82) is 0 Å². The minimum atomic E-state index is -2.90. The van der Waals surface area contributed by atoms with E-state index in [1.54, 1.807) is 0 Å². The lowest BCUT2D eigenvalue weighted by Crippen LogP contribution is -2.57. The molecule has 1 aliphatic heterocycles. The summed E-state index contributed by atoms with van der Waals surface area (Å²) in [5.41, 5.74) is 0. The fraction of sp³-hybridized carbons (Fsp3) is 1.00. The molecule has 0 bridgehead atoms. The van der Waals surface area contributed by atoms with Crippen LogP contribution in [0.15, 0.2) is 0 Å². The maximum atomic E-state index is 12.2. The van der Waals surface area contributed by atoms with Gasteiger partial charge in [-0.05, 0) is 26.2 Å². The highest BCUT2D eigenvalue weighted by molar-refractivity contribution is 7.92. The van der Waals surface area contributed by atoms with Crippen molar-refractivity contribution >= 4 is 9.84 Å². The van der Waals surface area contributed by atoms with E-state index in [4.69, 9.17) is 0 Å². The Morgan fingerprint density at radius 3 is 2.25 bits per heavy atom. The smallest absolute Gasteiger partial charge is 0.158 e. The first-order chi connectivity index (χ1) is 7.42. The van der Waals surface area contributed by atoms with Crippen LogP contribution in [0.4, 0.5) is 0 Å². The molecule has 0 spiro atoms. The Labute approximate surface area is 100 Å². The van der Waals surface area contributed by atoms with Gasteiger partial charge in [0.1, 0.15) is 0 Å². The maximum absolute atomic E-state index is 12.2. The predicted molar refractivity (Wildman–Crippen MR) is 68.4 cm³/mol. The van der Waals surface area contributed by atoms with Crippen LogP contribution in [0.25, 0.3) is 0 Å². The Morgan fingerprint density at radius 1 is 1.25 bits per heavy atom. The average Bonchev–Trinajstić information content (AvgIpc) is 2.28. The first-order valence-electron chi connectivity index (χ1n) is 6.38. The molecule has 0 aromatic carbocycles. The molecule has 0 aromatic heterocycles. The summed E-state index contributed by atoms with van der Waals surface area (Å²) in [5, 5.41) is 0. The zero-order valence-electron chi connectivity index (χ0n) is 11.0. The van der Waals surface area contributed by atoms with E-state index in [9.17, 15) is 8.42 Å². The SMILES string of the molecule is CC[C@@H](C)N1CCS(=O)(=O)C(CC)(CC)C1. The molecule has 96 valence electrons. The third-order valence-corrected chi connectivity index (χ3v) is 7.05. The van der Waals surface area contributed by atoms with E-state index in [0.717, 1.165) is 25.8 Å². The van der Waals surface area contributed by atoms with Crippen LogP contribution in [0.5, 0.6) is 0 Å². The molecule has 0 N–H and O–H groups in total. The first-order valence-corrected chi connectivity index (χ1v) is 8.04. The zero-order valence-corrected chi connectivity index (χ0v) is 11.8. The topological polar surface area (TPSA) is 37.4 Å². The maximum Gasteiger partial charge on any atom is 0.158 e. The van der Waals surface area contributed by atoms with E-state index in [0.29, 0.717) is 18.3 Å². The van der Waals surface area contributed by atoms with Crippen LogP contribution < -0.4 is 0 Å². The molecule has 4 heteroatoms. The van der Waals surface area contributed by atoms with Crippen molar-refractivity contribution in [1.82, 2.24) is 4.90 Å². The highest BCUT2D eigenvalue weighted by Gasteiger charge is 2.45. The molecule has 1 fully saturated rings. The second kappa shape index (κ2) is 5.05. The van der Waals surface area contributed by atoms with Gasteiger partial charge in [-0.25, -0.2) is 8.42 Å². The summed E-state index contributed by atoms with van der Waals surface area (Å²) in [6.45, 7) is 9.78. The highest BCUT2D eigenvalue weighted by Crippen LogP contribution is 2.32. The van der Waals surface area contributed by atoms with E-state index >= 15 is 0 Å². The Kier molecular flexibility index (Phi) is 4.41. The second-order valence-electron chi connectivity index (χ2n) is 4.94. The number of nitrogens with zero attached hydrogens (tertiary/aromatic N) is 1. The standard InChI is InChI=1S/C12H25NO2S/c1-5-11(4)13-8-9-16(14,15)12(6-2,7-3)10-13/h11H,5-10H2,1-4H3/t11-/m1/s1. The third-order valence-electron chi connectivity index (χ3n) is 4.30. The monoisotopic (exact) mass is 247 g/mol. The van der Waals surface area contributed by atoms with Gasteiger partial charge in [-0.15, -0.1) is 0 Å². The van der Waals surface area contributed by atoms with Crippen molar-refractivity contribution in [3.05, 3.63) is 0 Å². The van der Waals surface area contributed by atoms with Crippen LogP contribution >= 0.6 is 0 Å². The fourth-order valence-electron chi connectivity index (χ4n) is 2.55. The molecule has 1 atom stereocenters. The number of rotatable bonds is 4. The van der Waals surface area contributed by atoms with Gasteiger partial charge in [0.05, 0.1) is 10.5 Å². The molecule has 0 aliphatic carbocycles. The molecule has 0 aromatic rings. The van der Waals surface area contributed by atoms with Crippen LogP contribution in [-0.4, -0.2) is 42.9 Å². The van der Waals surface area contributed by atoms with Crippen LogP contribution in [0.3, 0.4) is 0 Å². The summed E-state index contributed by atoms with van der Waals surface area (Å²) < 4.78 is 23.9. The summed E-state index contributed by atoms with van der Waals surface area (Å²) in [5.74, 6) is 0.332.